The molecule has 0 saturated heterocycles. The first-order valence-electron chi connectivity index (χ1n) is 4.50. The van der Waals surface area contributed by atoms with E-state index in [9.17, 15) is 9.59 Å². The second-order valence-corrected chi connectivity index (χ2v) is 2.68. The molecule has 0 heterocycles. The fraction of sp³-hybridized carbons (Fsp3) is 0.556. The molecular formula is C9H16N2O3. The van der Waals surface area contributed by atoms with Crippen molar-refractivity contribution >= 4 is 11.9 Å². The molecular weight excluding hydrogens is 184 g/mol. The van der Waals surface area contributed by atoms with E-state index in [0.29, 0.717) is 19.6 Å². The molecule has 1 amide bonds. The highest BCUT2D eigenvalue weighted by Gasteiger charge is 1.95. The fourth-order valence-electron chi connectivity index (χ4n) is 0.805. The summed E-state index contributed by atoms with van der Waals surface area (Å²) in [4.78, 5) is 21.0. The van der Waals surface area contributed by atoms with E-state index in [1.54, 1.807) is 13.0 Å². The number of carbonyl (C=O) groups is 2. The Morgan fingerprint density at radius 2 is 2.00 bits per heavy atom. The van der Waals surface area contributed by atoms with Crippen LogP contribution in [-0.2, 0) is 9.59 Å². The second-order valence-electron chi connectivity index (χ2n) is 2.68. The van der Waals surface area contributed by atoms with Gasteiger partial charge in [-0.25, -0.2) is 0 Å². The topological polar surface area (TPSA) is 78.4 Å². The molecule has 0 aliphatic heterocycles. The van der Waals surface area contributed by atoms with Crippen molar-refractivity contribution in [2.75, 3.05) is 19.6 Å². The molecule has 0 aromatic carbocycles. The van der Waals surface area contributed by atoms with Crippen LogP contribution in [0.2, 0.25) is 0 Å². The van der Waals surface area contributed by atoms with E-state index in [-0.39, 0.29) is 12.3 Å². The summed E-state index contributed by atoms with van der Waals surface area (Å²) in [5.74, 6) is -0.956. The van der Waals surface area contributed by atoms with Crippen LogP contribution in [0, 0.1) is 0 Å². The highest BCUT2D eigenvalue weighted by molar-refractivity contribution is 5.87. The van der Waals surface area contributed by atoms with Gasteiger partial charge in [-0.3, -0.25) is 9.59 Å². The van der Waals surface area contributed by atoms with Crippen LogP contribution in [0.25, 0.3) is 0 Å². The van der Waals surface area contributed by atoms with Gasteiger partial charge in [0.2, 0.25) is 5.91 Å². The van der Waals surface area contributed by atoms with Crippen LogP contribution in [0.5, 0.6) is 0 Å². The van der Waals surface area contributed by atoms with E-state index in [1.807, 2.05) is 0 Å². The minimum Gasteiger partial charge on any atom is -0.481 e. The number of nitrogens with one attached hydrogen (secondary N) is 2. The Bertz CT molecular complexity index is 214. The Balaban J connectivity index is 3.21. The molecule has 0 fully saturated rings. The van der Waals surface area contributed by atoms with Crippen LogP contribution in [-0.4, -0.2) is 36.6 Å². The van der Waals surface area contributed by atoms with Gasteiger partial charge in [-0.2, -0.15) is 0 Å². The molecule has 0 aromatic heterocycles. The quantitative estimate of drug-likeness (QED) is 0.391. The molecule has 5 heteroatoms. The first-order valence-corrected chi connectivity index (χ1v) is 4.50. The third kappa shape index (κ3) is 8.73. The van der Waals surface area contributed by atoms with Crippen LogP contribution in [0.3, 0.4) is 0 Å². The Kier molecular flexibility index (Phi) is 7.45. The smallest absolute Gasteiger partial charge is 0.304 e. The van der Waals surface area contributed by atoms with Gasteiger partial charge >= 0.3 is 5.97 Å². The monoisotopic (exact) mass is 200 g/mol. The zero-order chi connectivity index (χ0) is 10.8. The van der Waals surface area contributed by atoms with E-state index >= 15 is 0 Å². The Labute approximate surface area is 83.2 Å². The molecule has 0 saturated carbocycles. The molecule has 5 nitrogen and oxygen atoms in total. The fourth-order valence-corrected chi connectivity index (χ4v) is 0.805. The maximum Gasteiger partial charge on any atom is 0.304 e. The van der Waals surface area contributed by atoms with Crippen molar-refractivity contribution in [1.29, 1.82) is 0 Å². The lowest BCUT2D eigenvalue weighted by molar-refractivity contribution is -0.136. The molecule has 0 unspecified atom stereocenters. The van der Waals surface area contributed by atoms with Gasteiger partial charge in [-0.15, -0.1) is 0 Å². The van der Waals surface area contributed by atoms with Gasteiger partial charge in [0.1, 0.15) is 0 Å². The molecule has 0 rings (SSSR count). The molecule has 0 radical (unpaired) electrons. The molecule has 3 N–H and O–H groups in total. The molecule has 0 aromatic rings. The lowest BCUT2D eigenvalue weighted by Gasteiger charge is -2.03. The summed E-state index contributed by atoms with van der Waals surface area (Å²) in [5.41, 5.74) is 0. The summed E-state index contributed by atoms with van der Waals surface area (Å²) in [6.07, 6.45) is 3.20. The SMILES string of the molecule is C/C=C\C(=O)NCCNCCC(=O)O. The lowest BCUT2D eigenvalue weighted by Crippen LogP contribution is -2.31. The van der Waals surface area contributed by atoms with Gasteiger partial charge in [0.25, 0.3) is 0 Å². The molecule has 80 valence electrons. The van der Waals surface area contributed by atoms with E-state index in [0.717, 1.165) is 0 Å². The molecule has 0 aliphatic carbocycles. The first kappa shape index (κ1) is 12.6. The second kappa shape index (κ2) is 8.25. The zero-order valence-corrected chi connectivity index (χ0v) is 8.25. The highest BCUT2D eigenvalue weighted by atomic mass is 16.4. The third-order valence-electron chi connectivity index (χ3n) is 1.43. The maximum atomic E-state index is 10.9. The normalized spacial score (nSPS) is 10.4. The first-order chi connectivity index (χ1) is 6.66. The molecule has 0 atom stereocenters. The summed E-state index contributed by atoms with van der Waals surface area (Å²) in [7, 11) is 0. The number of carboxylic acids is 1. The number of carboxylic acid groups (broad SMARTS) is 1. The molecule has 0 bridgehead atoms. The van der Waals surface area contributed by atoms with E-state index in [4.69, 9.17) is 5.11 Å². The molecule has 0 aliphatic rings. The highest BCUT2D eigenvalue weighted by Crippen LogP contribution is 1.74. The Morgan fingerprint density at radius 3 is 2.57 bits per heavy atom. The van der Waals surface area contributed by atoms with Gasteiger partial charge in [0.05, 0.1) is 6.42 Å². The summed E-state index contributed by atoms with van der Waals surface area (Å²) in [5, 5.41) is 13.8. The average molecular weight is 200 g/mol. The largest absolute Gasteiger partial charge is 0.481 e. The number of rotatable bonds is 7. The van der Waals surface area contributed by atoms with Crippen molar-refractivity contribution in [1.82, 2.24) is 10.6 Å². The zero-order valence-electron chi connectivity index (χ0n) is 8.25. The minimum atomic E-state index is -0.824. The van der Waals surface area contributed by atoms with Gasteiger partial charge < -0.3 is 15.7 Å². The average Bonchev–Trinajstić information content (AvgIpc) is 2.11. The van der Waals surface area contributed by atoms with E-state index < -0.39 is 5.97 Å². The lowest BCUT2D eigenvalue weighted by atomic mass is 10.4. The van der Waals surface area contributed by atoms with Crippen LogP contribution >= 0.6 is 0 Å². The summed E-state index contributed by atoms with van der Waals surface area (Å²) in [6.45, 7) is 3.28. The number of aliphatic carboxylic acids is 1. The van der Waals surface area contributed by atoms with Gasteiger partial charge in [0.15, 0.2) is 0 Å². The van der Waals surface area contributed by atoms with E-state index in [1.165, 1.54) is 6.08 Å². The van der Waals surface area contributed by atoms with Crippen LogP contribution in [0.4, 0.5) is 0 Å². The number of allylic oxidation sites excluding steroid dienone is 1. The van der Waals surface area contributed by atoms with Crippen LogP contribution < -0.4 is 10.6 Å². The summed E-state index contributed by atoms with van der Waals surface area (Å²) >= 11 is 0. The van der Waals surface area contributed by atoms with Gasteiger partial charge in [-0.05, 0) is 13.0 Å². The third-order valence-corrected chi connectivity index (χ3v) is 1.43. The predicted molar refractivity (Wildman–Crippen MR) is 52.9 cm³/mol. The van der Waals surface area contributed by atoms with Crippen molar-refractivity contribution in [2.45, 2.75) is 13.3 Å². The van der Waals surface area contributed by atoms with Crippen molar-refractivity contribution in [3.8, 4) is 0 Å². The van der Waals surface area contributed by atoms with Gasteiger partial charge in [-0.1, -0.05) is 6.08 Å². The van der Waals surface area contributed by atoms with Crippen molar-refractivity contribution < 1.29 is 14.7 Å². The number of hydrogen-bond donors (Lipinski definition) is 3. The Hall–Kier alpha value is -1.36. The standard InChI is InChI=1S/C9H16N2O3/c1-2-3-8(12)11-7-6-10-5-4-9(13)14/h2-3,10H,4-7H2,1H3,(H,11,12)(H,13,14)/b3-2-. The van der Waals surface area contributed by atoms with Crippen LogP contribution in [0.1, 0.15) is 13.3 Å². The predicted octanol–water partition coefficient (Wildman–Crippen LogP) is -0.257. The van der Waals surface area contributed by atoms with Crippen LogP contribution in [0.15, 0.2) is 12.2 Å². The number of amides is 1. The molecule has 14 heavy (non-hydrogen) atoms. The van der Waals surface area contributed by atoms with Crippen molar-refractivity contribution in [2.24, 2.45) is 0 Å². The van der Waals surface area contributed by atoms with Gasteiger partial charge in [0, 0.05) is 19.6 Å². The number of carbonyl (C=O) groups excluding carboxylic acids is 1. The summed E-state index contributed by atoms with van der Waals surface area (Å²) < 4.78 is 0. The summed E-state index contributed by atoms with van der Waals surface area (Å²) in [6, 6.07) is 0. The maximum absolute atomic E-state index is 10.9. The van der Waals surface area contributed by atoms with E-state index in [2.05, 4.69) is 10.6 Å². The minimum absolute atomic E-state index is 0.100. The number of hydrogen-bond acceptors (Lipinski definition) is 3. The molecule has 0 spiro atoms. The van der Waals surface area contributed by atoms with Crippen molar-refractivity contribution in [3.63, 3.8) is 0 Å². The Morgan fingerprint density at radius 1 is 1.29 bits per heavy atom. The van der Waals surface area contributed by atoms with Crippen molar-refractivity contribution in [3.05, 3.63) is 12.2 Å².